The first kappa shape index (κ1) is 35.7. The number of aliphatic hydroxyl groups is 1. The maximum atomic E-state index is 15.0. The molecule has 47 heavy (non-hydrogen) atoms. The standard InChI is InChI=1S/C37H46F2N4O4/c1-5-11-43(12-6-2)36(46)37(19-28(34(40)45)17-29(20-37)35-42-24(4)23-47-35)32(16-27-14-30(38)18-31(39)15-27)33(44)22-41-21-26-10-8-9-25(7-3)13-26/h8-10,13-15,17-18,20,23,32-33,41,44H,5-7,11-12,16,19,21-22H2,1-4H3,(H2,40,45)/t32-,33+,37?/m1/s1. The molecule has 0 saturated heterocycles. The van der Waals surface area contributed by atoms with Gasteiger partial charge >= 0.3 is 0 Å². The molecule has 0 saturated carbocycles. The van der Waals surface area contributed by atoms with Crippen molar-refractivity contribution in [1.29, 1.82) is 0 Å². The average Bonchev–Trinajstić information content (AvgIpc) is 3.48. The Bertz CT molecular complexity index is 1590. The lowest BCUT2D eigenvalue weighted by atomic mass is 9.62. The normalized spacial score (nSPS) is 17.5. The molecule has 4 N–H and O–H groups in total. The summed E-state index contributed by atoms with van der Waals surface area (Å²) in [6.07, 6.45) is 5.59. The van der Waals surface area contributed by atoms with Gasteiger partial charge in [-0.05, 0) is 73.9 Å². The van der Waals surface area contributed by atoms with Crippen LogP contribution in [0, 0.1) is 29.9 Å². The summed E-state index contributed by atoms with van der Waals surface area (Å²) in [6, 6.07) is 11.3. The van der Waals surface area contributed by atoms with Crippen LogP contribution in [0.4, 0.5) is 8.78 Å². The van der Waals surface area contributed by atoms with E-state index in [2.05, 4.69) is 23.3 Å². The number of carbonyl (C=O) groups excluding carboxylic acids is 2. The first-order chi connectivity index (χ1) is 22.5. The van der Waals surface area contributed by atoms with E-state index >= 15 is 0 Å². The molecule has 1 aromatic heterocycles. The quantitative estimate of drug-likeness (QED) is 0.184. The zero-order valence-corrected chi connectivity index (χ0v) is 27.7. The highest BCUT2D eigenvalue weighted by Gasteiger charge is 2.51. The van der Waals surface area contributed by atoms with Crippen LogP contribution in [0.25, 0.3) is 5.57 Å². The fraction of sp³-hybridized carbons (Fsp3) is 0.432. The fourth-order valence-electron chi connectivity index (χ4n) is 6.49. The van der Waals surface area contributed by atoms with Crippen molar-refractivity contribution in [2.75, 3.05) is 19.6 Å². The summed E-state index contributed by atoms with van der Waals surface area (Å²) in [4.78, 5) is 34.0. The first-order valence-electron chi connectivity index (χ1n) is 16.4. The third-order valence-corrected chi connectivity index (χ3v) is 8.67. The average molecular weight is 649 g/mol. The van der Waals surface area contributed by atoms with Crippen molar-refractivity contribution in [1.82, 2.24) is 15.2 Å². The van der Waals surface area contributed by atoms with E-state index in [1.54, 1.807) is 24.0 Å². The van der Waals surface area contributed by atoms with Gasteiger partial charge in [0.2, 0.25) is 17.7 Å². The van der Waals surface area contributed by atoms with E-state index in [-0.39, 0.29) is 42.3 Å². The number of aromatic nitrogens is 1. The van der Waals surface area contributed by atoms with Crippen LogP contribution in [0.3, 0.4) is 0 Å². The second-order valence-corrected chi connectivity index (χ2v) is 12.4. The van der Waals surface area contributed by atoms with Gasteiger partial charge in [0.1, 0.15) is 17.9 Å². The molecule has 1 heterocycles. The molecule has 3 atom stereocenters. The van der Waals surface area contributed by atoms with Gasteiger partial charge in [0, 0.05) is 49.3 Å². The Morgan fingerprint density at radius 2 is 1.74 bits per heavy atom. The van der Waals surface area contributed by atoms with Crippen molar-refractivity contribution < 1.29 is 27.9 Å². The SMILES string of the molecule is CCCN(CCC)C(=O)C1([C@H](Cc2cc(F)cc(F)c2)[C@@H](O)CNCc2cccc(CC)c2)C=C(c2nc(C)co2)C=C(C(N)=O)C1. The van der Waals surface area contributed by atoms with Gasteiger partial charge in [-0.15, -0.1) is 0 Å². The molecule has 1 unspecified atom stereocenters. The molecule has 4 rings (SSSR count). The van der Waals surface area contributed by atoms with Crippen molar-refractivity contribution in [2.24, 2.45) is 17.1 Å². The van der Waals surface area contributed by atoms with Crippen molar-refractivity contribution in [3.8, 4) is 0 Å². The molecule has 2 aromatic carbocycles. The largest absolute Gasteiger partial charge is 0.444 e. The van der Waals surface area contributed by atoms with Gasteiger partial charge in [-0.2, -0.15) is 0 Å². The summed E-state index contributed by atoms with van der Waals surface area (Å²) in [5.41, 5.74) is 7.93. The molecule has 0 bridgehead atoms. The van der Waals surface area contributed by atoms with Crippen LogP contribution in [-0.2, 0) is 29.0 Å². The van der Waals surface area contributed by atoms with Gasteiger partial charge in [0.05, 0.1) is 17.2 Å². The number of nitrogens with two attached hydrogens (primary N) is 1. The van der Waals surface area contributed by atoms with Crippen LogP contribution in [0.2, 0.25) is 0 Å². The van der Waals surface area contributed by atoms with Crippen LogP contribution in [0.5, 0.6) is 0 Å². The van der Waals surface area contributed by atoms with Crippen molar-refractivity contribution >= 4 is 17.4 Å². The first-order valence-corrected chi connectivity index (χ1v) is 16.4. The van der Waals surface area contributed by atoms with Crippen LogP contribution < -0.4 is 11.1 Å². The van der Waals surface area contributed by atoms with Crippen molar-refractivity contribution in [3.05, 3.63) is 106 Å². The molecule has 3 aromatic rings. The minimum atomic E-state index is -1.55. The van der Waals surface area contributed by atoms with Gasteiger partial charge in [0.15, 0.2) is 0 Å². The van der Waals surface area contributed by atoms with Gasteiger partial charge in [-0.1, -0.05) is 51.1 Å². The summed E-state index contributed by atoms with van der Waals surface area (Å²) in [6.45, 7) is 9.16. The van der Waals surface area contributed by atoms with Gasteiger partial charge in [-0.3, -0.25) is 9.59 Å². The van der Waals surface area contributed by atoms with Crippen LogP contribution in [0.1, 0.15) is 68.3 Å². The summed E-state index contributed by atoms with van der Waals surface area (Å²) in [7, 11) is 0. The number of aliphatic hydroxyl groups excluding tert-OH is 1. The number of hydrogen-bond donors (Lipinski definition) is 3. The Morgan fingerprint density at radius 3 is 2.34 bits per heavy atom. The molecular weight excluding hydrogens is 602 g/mol. The highest BCUT2D eigenvalue weighted by atomic mass is 19.1. The maximum Gasteiger partial charge on any atom is 0.244 e. The van der Waals surface area contributed by atoms with E-state index in [1.165, 1.54) is 24.0 Å². The van der Waals surface area contributed by atoms with E-state index in [9.17, 15) is 23.5 Å². The highest BCUT2D eigenvalue weighted by molar-refractivity contribution is 5.99. The van der Waals surface area contributed by atoms with Crippen LogP contribution >= 0.6 is 0 Å². The minimum Gasteiger partial charge on any atom is -0.444 e. The van der Waals surface area contributed by atoms with Crippen molar-refractivity contribution in [2.45, 2.75) is 72.4 Å². The number of nitrogens with zero attached hydrogens (tertiary/aromatic N) is 2. The Balaban J connectivity index is 1.87. The second kappa shape index (κ2) is 16.1. The number of amides is 2. The Morgan fingerprint density at radius 1 is 1.06 bits per heavy atom. The number of rotatable bonds is 16. The molecule has 8 nitrogen and oxygen atoms in total. The van der Waals surface area contributed by atoms with Gasteiger partial charge in [-0.25, -0.2) is 13.8 Å². The molecule has 0 fully saturated rings. The lowest BCUT2D eigenvalue weighted by molar-refractivity contribution is -0.145. The number of aryl methyl sites for hydroxylation is 2. The second-order valence-electron chi connectivity index (χ2n) is 12.4. The maximum absolute atomic E-state index is 15.0. The van der Waals surface area contributed by atoms with E-state index in [0.717, 1.165) is 18.1 Å². The summed E-state index contributed by atoms with van der Waals surface area (Å²) in [5.74, 6) is -3.34. The topological polar surface area (TPSA) is 122 Å². The Hall–Kier alpha value is -4.15. The number of halogens is 2. The predicted molar refractivity (Wildman–Crippen MR) is 178 cm³/mol. The van der Waals surface area contributed by atoms with Gasteiger partial charge < -0.3 is 25.5 Å². The van der Waals surface area contributed by atoms with E-state index in [1.807, 2.05) is 32.0 Å². The number of allylic oxidation sites excluding steroid dienone is 2. The number of carbonyl (C=O) groups is 2. The lowest BCUT2D eigenvalue weighted by Gasteiger charge is -2.45. The molecule has 0 aliphatic heterocycles. The van der Waals surface area contributed by atoms with Crippen molar-refractivity contribution in [3.63, 3.8) is 0 Å². The monoisotopic (exact) mass is 648 g/mol. The van der Waals surface area contributed by atoms with Gasteiger partial charge in [0.25, 0.3) is 0 Å². The Kier molecular flexibility index (Phi) is 12.2. The summed E-state index contributed by atoms with van der Waals surface area (Å²) in [5, 5.41) is 15.4. The molecule has 0 spiro atoms. The number of oxazole rings is 1. The number of nitrogens with one attached hydrogen (secondary N) is 1. The molecule has 0 radical (unpaired) electrons. The fourth-order valence-corrected chi connectivity index (χ4v) is 6.49. The lowest BCUT2D eigenvalue weighted by Crippen LogP contribution is -2.54. The molecule has 1 aliphatic carbocycles. The number of primary amides is 1. The summed E-state index contributed by atoms with van der Waals surface area (Å²) >= 11 is 0. The van der Waals surface area contributed by atoms with E-state index < -0.39 is 35.0 Å². The van der Waals surface area contributed by atoms with E-state index in [4.69, 9.17) is 10.2 Å². The molecule has 1 aliphatic rings. The molecule has 10 heteroatoms. The minimum absolute atomic E-state index is 0.0618. The third-order valence-electron chi connectivity index (χ3n) is 8.67. The molecular formula is C37H46F2N4O4. The Labute approximate surface area is 275 Å². The number of benzene rings is 2. The third kappa shape index (κ3) is 8.81. The highest BCUT2D eigenvalue weighted by Crippen LogP contribution is 2.47. The zero-order chi connectivity index (χ0) is 34.1. The zero-order valence-electron chi connectivity index (χ0n) is 27.7. The predicted octanol–water partition coefficient (Wildman–Crippen LogP) is 5.67. The molecule has 2 amide bonds. The van der Waals surface area contributed by atoms with Crippen LogP contribution in [0.15, 0.2) is 70.9 Å². The van der Waals surface area contributed by atoms with Crippen LogP contribution in [-0.4, -0.2) is 52.5 Å². The van der Waals surface area contributed by atoms with E-state index in [0.29, 0.717) is 43.7 Å². The summed E-state index contributed by atoms with van der Waals surface area (Å²) < 4.78 is 34.7. The smallest absolute Gasteiger partial charge is 0.244 e. The molecule has 252 valence electrons. The number of hydrogen-bond acceptors (Lipinski definition) is 6.